The van der Waals surface area contributed by atoms with E-state index in [1.807, 2.05) is 30.3 Å². The number of ether oxygens (including phenoxy) is 2. The standard InChI is InChI=1S/C21H25N3O4.ClH/c1-13(25)23-18-9-15(10-19(27-2)20(18)28-3)21(26)24-11-16(17(22)12-24)14-7-5-4-6-8-14;/h4-10,16-17H,11-12,22H2,1-3H3,(H,23,25);1H/t16-,17+;/m0./s1. The predicted molar refractivity (Wildman–Crippen MR) is 114 cm³/mol. The molecule has 1 aliphatic heterocycles. The Morgan fingerprint density at radius 2 is 1.79 bits per heavy atom. The van der Waals surface area contributed by atoms with E-state index in [1.54, 1.807) is 17.0 Å². The van der Waals surface area contributed by atoms with Crippen LogP contribution in [0.4, 0.5) is 5.69 Å². The van der Waals surface area contributed by atoms with Crippen molar-refractivity contribution in [3.05, 3.63) is 53.6 Å². The van der Waals surface area contributed by atoms with E-state index < -0.39 is 0 Å². The smallest absolute Gasteiger partial charge is 0.254 e. The third kappa shape index (κ3) is 4.81. The lowest BCUT2D eigenvalue weighted by Crippen LogP contribution is -2.32. The molecule has 0 spiro atoms. The van der Waals surface area contributed by atoms with E-state index in [-0.39, 0.29) is 36.2 Å². The molecule has 0 unspecified atom stereocenters. The van der Waals surface area contributed by atoms with Gasteiger partial charge in [0.25, 0.3) is 5.91 Å². The second-order valence-electron chi connectivity index (χ2n) is 6.83. The number of likely N-dealkylation sites (tertiary alicyclic amines) is 1. The molecule has 0 bridgehead atoms. The summed E-state index contributed by atoms with van der Waals surface area (Å²) in [6, 6.07) is 13.1. The van der Waals surface area contributed by atoms with Crippen molar-refractivity contribution in [2.24, 2.45) is 5.73 Å². The van der Waals surface area contributed by atoms with Crippen LogP contribution < -0.4 is 20.5 Å². The number of nitrogens with two attached hydrogens (primary N) is 1. The maximum atomic E-state index is 13.1. The Morgan fingerprint density at radius 3 is 2.38 bits per heavy atom. The monoisotopic (exact) mass is 419 g/mol. The van der Waals surface area contributed by atoms with Crippen molar-refractivity contribution in [2.45, 2.75) is 18.9 Å². The van der Waals surface area contributed by atoms with Gasteiger partial charge in [-0.05, 0) is 17.7 Å². The zero-order valence-corrected chi connectivity index (χ0v) is 17.5. The molecule has 29 heavy (non-hydrogen) atoms. The van der Waals surface area contributed by atoms with E-state index in [1.165, 1.54) is 21.1 Å². The summed E-state index contributed by atoms with van der Waals surface area (Å²) in [7, 11) is 2.97. The van der Waals surface area contributed by atoms with Gasteiger partial charge in [-0.15, -0.1) is 12.4 Å². The van der Waals surface area contributed by atoms with Gasteiger partial charge in [0.2, 0.25) is 5.91 Å². The van der Waals surface area contributed by atoms with Crippen LogP contribution in [0.2, 0.25) is 0 Å². The molecule has 2 aromatic carbocycles. The van der Waals surface area contributed by atoms with E-state index in [4.69, 9.17) is 15.2 Å². The summed E-state index contributed by atoms with van der Waals surface area (Å²) in [4.78, 5) is 26.4. The van der Waals surface area contributed by atoms with Gasteiger partial charge < -0.3 is 25.4 Å². The number of nitrogens with zero attached hydrogens (tertiary/aromatic N) is 1. The van der Waals surface area contributed by atoms with E-state index in [9.17, 15) is 9.59 Å². The highest BCUT2D eigenvalue weighted by Gasteiger charge is 2.34. The van der Waals surface area contributed by atoms with Gasteiger partial charge in [-0.2, -0.15) is 0 Å². The van der Waals surface area contributed by atoms with E-state index >= 15 is 0 Å². The largest absolute Gasteiger partial charge is 0.493 e. The van der Waals surface area contributed by atoms with E-state index in [0.717, 1.165) is 5.56 Å². The van der Waals surface area contributed by atoms with Crippen LogP contribution >= 0.6 is 12.4 Å². The fraction of sp³-hybridized carbons (Fsp3) is 0.333. The van der Waals surface area contributed by atoms with Crippen LogP contribution in [-0.4, -0.2) is 50.1 Å². The van der Waals surface area contributed by atoms with Crippen molar-refractivity contribution in [2.75, 3.05) is 32.6 Å². The molecule has 2 aromatic rings. The third-order valence-corrected chi connectivity index (χ3v) is 4.92. The molecule has 1 saturated heterocycles. The van der Waals surface area contributed by atoms with Gasteiger partial charge in [0.15, 0.2) is 11.5 Å². The molecular formula is C21H26ClN3O4. The van der Waals surface area contributed by atoms with Gasteiger partial charge in [0.05, 0.1) is 19.9 Å². The lowest BCUT2D eigenvalue weighted by Gasteiger charge is -2.19. The Hall–Kier alpha value is -2.77. The molecule has 3 N–H and O–H groups in total. The van der Waals surface area contributed by atoms with Crippen LogP contribution in [0.1, 0.15) is 28.8 Å². The van der Waals surface area contributed by atoms with Crippen molar-refractivity contribution >= 4 is 29.9 Å². The van der Waals surface area contributed by atoms with Crippen molar-refractivity contribution in [1.82, 2.24) is 4.90 Å². The number of methoxy groups -OCH3 is 2. The lowest BCUT2D eigenvalue weighted by atomic mass is 9.95. The topological polar surface area (TPSA) is 93.9 Å². The molecular weight excluding hydrogens is 394 g/mol. The zero-order chi connectivity index (χ0) is 20.3. The summed E-state index contributed by atoms with van der Waals surface area (Å²) in [5.41, 5.74) is 8.24. The summed E-state index contributed by atoms with van der Waals surface area (Å²) in [5, 5.41) is 2.69. The summed E-state index contributed by atoms with van der Waals surface area (Å²) >= 11 is 0. The minimum absolute atomic E-state index is 0. The van der Waals surface area contributed by atoms with Gasteiger partial charge in [0, 0.05) is 37.5 Å². The molecule has 0 aromatic heterocycles. The van der Waals surface area contributed by atoms with Crippen LogP contribution in [0.5, 0.6) is 11.5 Å². The number of halogens is 1. The number of hydrogen-bond donors (Lipinski definition) is 2. The van der Waals surface area contributed by atoms with Crippen molar-refractivity contribution in [3.8, 4) is 11.5 Å². The number of amides is 2. The third-order valence-electron chi connectivity index (χ3n) is 4.92. The molecule has 156 valence electrons. The highest BCUT2D eigenvalue weighted by atomic mass is 35.5. The minimum atomic E-state index is -0.266. The van der Waals surface area contributed by atoms with Crippen LogP contribution in [0.3, 0.4) is 0 Å². The second-order valence-corrected chi connectivity index (χ2v) is 6.83. The molecule has 2 amide bonds. The number of carbonyl (C=O) groups is 2. The zero-order valence-electron chi connectivity index (χ0n) is 16.7. The number of carbonyl (C=O) groups excluding carboxylic acids is 2. The molecule has 7 nitrogen and oxygen atoms in total. The Labute approximate surface area is 176 Å². The molecule has 0 radical (unpaired) electrons. The van der Waals surface area contributed by atoms with Gasteiger partial charge >= 0.3 is 0 Å². The maximum absolute atomic E-state index is 13.1. The van der Waals surface area contributed by atoms with Crippen LogP contribution in [-0.2, 0) is 4.79 Å². The fourth-order valence-electron chi connectivity index (χ4n) is 3.60. The fourth-order valence-corrected chi connectivity index (χ4v) is 3.60. The average Bonchev–Trinajstić information content (AvgIpc) is 3.08. The number of hydrogen-bond acceptors (Lipinski definition) is 5. The Balaban J connectivity index is 0.00000300. The molecule has 1 heterocycles. The number of rotatable bonds is 5. The lowest BCUT2D eigenvalue weighted by molar-refractivity contribution is -0.114. The number of nitrogens with one attached hydrogen (secondary N) is 1. The van der Waals surface area contributed by atoms with Crippen LogP contribution in [0.15, 0.2) is 42.5 Å². The maximum Gasteiger partial charge on any atom is 0.254 e. The first-order valence-electron chi connectivity index (χ1n) is 9.08. The first kappa shape index (κ1) is 22.5. The van der Waals surface area contributed by atoms with Gasteiger partial charge in [-0.1, -0.05) is 30.3 Å². The second kappa shape index (κ2) is 9.62. The quantitative estimate of drug-likeness (QED) is 0.777. The van der Waals surface area contributed by atoms with Gasteiger partial charge in [0.1, 0.15) is 0 Å². The minimum Gasteiger partial charge on any atom is -0.493 e. The molecule has 2 atom stereocenters. The van der Waals surface area contributed by atoms with E-state index in [2.05, 4.69) is 5.32 Å². The molecule has 8 heteroatoms. The molecule has 1 aliphatic rings. The molecule has 0 aliphatic carbocycles. The number of anilines is 1. The molecule has 1 fully saturated rings. The Bertz CT molecular complexity index is 876. The normalized spacial score (nSPS) is 18.0. The molecule has 0 saturated carbocycles. The summed E-state index contributed by atoms with van der Waals surface area (Å²) in [5.74, 6) is 0.397. The van der Waals surface area contributed by atoms with Crippen LogP contribution in [0.25, 0.3) is 0 Å². The van der Waals surface area contributed by atoms with Crippen molar-refractivity contribution in [1.29, 1.82) is 0 Å². The molecule has 3 rings (SSSR count). The first-order valence-corrected chi connectivity index (χ1v) is 9.08. The van der Waals surface area contributed by atoms with Crippen LogP contribution in [0, 0.1) is 0 Å². The first-order chi connectivity index (χ1) is 13.4. The van der Waals surface area contributed by atoms with E-state index in [0.29, 0.717) is 35.8 Å². The Morgan fingerprint density at radius 1 is 1.10 bits per heavy atom. The summed E-state index contributed by atoms with van der Waals surface area (Å²) in [6.07, 6.45) is 0. The Kier molecular flexibility index (Phi) is 7.47. The van der Waals surface area contributed by atoms with Gasteiger partial charge in [-0.3, -0.25) is 9.59 Å². The van der Waals surface area contributed by atoms with Gasteiger partial charge in [-0.25, -0.2) is 0 Å². The predicted octanol–water partition coefficient (Wildman–Crippen LogP) is 2.65. The summed E-state index contributed by atoms with van der Waals surface area (Å²) < 4.78 is 10.7. The highest BCUT2D eigenvalue weighted by molar-refractivity contribution is 5.99. The highest BCUT2D eigenvalue weighted by Crippen LogP contribution is 2.37. The summed E-state index contributed by atoms with van der Waals surface area (Å²) in [6.45, 7) is 2.39. The van der Waals surface area contributed by atoms with Crippen molar-refractivity contribution in [3.63, 3.8) is 0 Å². The SMILES string of the molecule is COc1cc(C(=O)N2C[C@@H](N)[C@H](c3ccccc3)C2)cc(NC(C)=O)c1OC.Cl. The average molecular weight is 420 g/mol. The van der Waals surface area contributed by atoms with Crippen molar-refractivity contribution < 1.29 is 19.1 Å². The number of benzene rings is 2.